The van der Waals surface area contributed by atoms with Gasteiger partial charge in [0.15, 0.2) is 0 Å². The highest BCUT2D eigenvalue weighted by Crippen LogP contribution is 2.21. The number of para-hydroxylation sites is 2. The van der Waals surface area contributed by atoms with Gasteiger partial charge in [-0.1, -0.05) is 56.7 Å². The van der Waals surface area contributed by atoms with E-state index in [9.17, 15) is 24.3 Å². The number of rotatable bonds is 16. The second-order valence-corrected chi connectivity index (χ2v) is 12.3. The van der Waals surface area contributed by atoms with Crippen molar-refractivity contribution >= 4 is 57.3 Å². The van der Waals surface area contributed by atoms with Crippen molar-refractivity contribution in [2.45, 2.75) is 63.7 Å². The van der Waals surface area contributed by atoms with Crippen LogP contribution in [0.5, 0.6) is 0 Å². The normalized spacial score (nSPS) is 14.8. The van der Waals surface area contributed by atoms with Gasteiger partial charge in [-0.3, -0.25) is 14.4 Å². The first-order chi connectivity index (χ1) is 21.6. The first-order valence-corrected chi connectivity index (χ1v) is 16.5. The largest absolute Gasteiger partial charge is 0.480 e. The van der Waals surface area contributed by atoms with Gasteiger partial charge in [0.2, 0.25) is 17.7 Å². The zero-order valence-corrected chi connectivity index (χ0v) is 26.6. The van der Waals surface area contributed by atoms with E-state index in [4.69, 9.17) is 5.73 Å². The van der Waals surface area contributed by atoms with E-state index in [-0.39, 0.29) is 18.8 Å². The van der Waals surface area contributed by atoms with Crippen LogP contribution in [0.25, 0.3) is 21.8 Å². The fraction of sp³-hybridized carbons (Fsp3) is 0.394. The molecule has 45 heavy (non-hydrogen) atoms. The van der Waals surface area contributed by atoms with Gasteiger partial charge in [-0.25, -0.2) is 4.79 Å². The third-order valence-corrected chi connectivity index (χ3v) is 8.85. The van der Waals surface area contributed by atoms with Crippen molar-refractivity contribution in [3.8, 4) is 0 Å². The number of hydrogen-bond acceptors (Lipinski definition) is 6. The van der Waals surface area contributed by atoms with Crippen LogP contribution in [-0.4, -0.2) is 74.9 Å². The predicted octanol–water partition coefficient (Wildman–Crippen LogP) is 3.10. The number of H-pyrrole nitrogens is 2. The molecule has 2 heterocycles. The van der Waals surface area contributed by atoms with Gasteiger partial charge in [-0.2, -0.15) is 11.8 Å². The molecule has 240 valence electrons. The Morgan fingerprint density at radius 3 is 1.91 bits per heavy atom. The molecule has 5 atom stereocenters. The van der Waals surface area contributed by atoms with Crippen LogP contribution in [0.15, 0.2) is 60.9 Å². The molecule has 4 aromatic rings. The van der Waals surface area contributed by atoms with E-state index in [1.165, 1.54) is 11.8 Å². The summed E-state index contributed by atoms with van der Waals surface area (Å²) in [5.41, 5.74) is 9.79. The summed E-state index contributed by atoms with van der Waals surface area (Å²) in [7, 11) is 0. The quantitative estimate of drug-likeness (QED) is 0.0988. The first-order valence-electron chi connectivity index (χ1n) is 15.1. The first kappa shape index (κ1) is 33.6. The molecule has 0 aliphatic heterocycles. The molecular weight excluding hydrogens is 592 g/mol. The lowest BCUT2D eigenvalue weighted by molar-refractivity contribution is -0.143. The lowest BCUT2D eigenvalue weighted by Gasteiger charge is -2.26. The van der Waals surface area contributed by atoms with Crippen molar-refractivity contribution < 1.29 is 24.3 Å². The molecule has 11 nitrogen and oxygen atoms in total. The average Bonchev–Trinajstić information content (AvgIpc) is 3.64. The summed E-state index contributed by atoms with van der Waals surface area (Å²) in [6, 6.07) is 11.2. The molecule has 4 rings (SSSR count). The van der Waals surface area contributed by atoms with Crippen LogP contribution in [0.4, 0.5) is 0 Å². The fourth-order valence-electron chi connectivity index (χ4n) is 5.35. The standard InChI is InChI=1S/C33H42N6O5S/c1-4-19(2)29(33(43)44)39-32(42)28(16-21-18-36-26-12-8-6-10-23(21)26)38-31(41)27(13-14-45-3)37-30(40)24(34)15-20-17-35-25-11-7-5-9-22(20)25/h5-12,17-19,24,27-29,35-36H,4,13-16,34H2,1-3H3,(H,37,40)(H,38,41)(H,39,42)(H,43,44). The number of carboxylic acids is 1. The fourth-order valence-corrected chi connectivity index (χ4v) is 5.82. The summed E-state index contributed by atoms with van der Waals surface area (Å²) < 4.78 is 0. The summed E-state index contributed by atoms with van der Waals surface area (Å²) in [5.74, 6) is -2.56. The van der Waals surface area contributed by atoms with Gasteiger partial charge in [-0.05, 0) is 54.0 Å². The second-order valence-electron chi connectivity index (χ2n) is 11.3. The van der Waals surface area contributed by atoms with Crippen LogP contribution in [0, 0.1) is 5.92 Å². The van der Waals surface area contributed by atoms with Crippen LogP contribution >= 0.6 is 11.8 Å². The number of aliphatic carboxylic acids is 1. The smallest absolute Gasteiger partial charge is 0.326 e. The topological polar surface area (TPSA) is 182 Å². The van der Waals surface area contributed by atoms with Crippen LogP contribution in [0.1, 0.15) is 37.8 Å². The van der Waals surface area contributed by atoms with Crippen molar-refractivity contribution in [2.24, 2.45) is 11.7 Å². The maximum atomic E-state index is 13.7. The molecule has 2 aromatic heterocycles. The van der Waals surface area contributed by atoms with Crippen LogP contribution < -0.4 is 21.7 Å². The van der Waals surface area contributed by atoms with E-state index in [1.807, 2.05) is 67.9 Å². The Hall–Kier alpha value is -4.29. The van der Waals surface area contributed by atoms with Gasteiger partial charge in [-0.15, -0.1) is 0 Å². The number of amides is 3. The zero-order valence-electron chi connectivity index (χ0n) is 25.8. The van der Waals surface area contributed by atoms with Crippen LogP contribution in [0.3, 0.4) is 0 Å². The third kappa shape index (κ3) is 8.46. The number of aromatic nitrogens is 2. The Balaban J connectivity index is 1.53. The molecular formula is C33H42N6O5S. The number of nitrogens with one attached hydrogen (secondary N) is 5. The number of benzene rings is 2. The van der Waals surface area contributed by atoms with E-state index in [2.05, 4.69) is 25.9 Å². The van der Waals surface area contributed by atoms with Crippen LogP contribution in [-0.2, 0) is 32.0 Å². The Kier molecular flexibility index (Phi) is 11.7. The third-order valence-electron chi connectivity index (χ3n) is 8.20. The van der Waals surface area contributed by atoms with Gasteiger partial charge >= 0.3 is 5.97 Å². The van der Waals surface area contributed by atoms with Gasteiger partial charge in [0, 0.05) is 40.6 Å². The Morgan fingerprint density at radius 1 is 0.822 bits per heavy atom. The summed E-state index contributed by atoms with van der Waals surface area (Å²) in [5, 5.41) is 19.9. The molecule has 3 amide bonds. The Morgan fingerprint density at radius 2 is 1.36 bits per heavy atom. The minimum absolute atomic E-state index is 0.109. The number of nitrogens with two attached hydrogens (primary N) is 1. The highest BCUT2D eigenvalue weighted by molar-refractivity contribution is 7.98. The van der Waals surface area contributed by atoms with Crippen molar-refractivity contribution in [2.75, 3.05) is 12.0 Å². The zero-order chi connectivity index (χ0) is 32.5. The van der Waals surface area contributed by atoms with Gasteiger partial charge in [0.05, 0.1) is 6.04 Å². The molecule has 0 spiro atoms. The second kappa shape index (κ2) is 15.6. The monoisotopic (exact) mass is 634 g/mol. The number of carbonyl (C=O) groups excluding carboxylic acids is 3. The number of aromatic amines is 2. The highest BCUT2D eigenvalue weighted by Gasteiger charge is 2.32. The number of carboxylic acid groups (broad SMARTS) is 1. The summed E-state index contributed by atoms with van der Waals surface area (Å²) in [6.07, 6.45) is 6.73. The van der Waals surface area contributed by atoms with E-state index >= 15 is 0 Å². The minimum Gasteiger partial charge on any atom is -0.480 e. The van der Waals surface area contributed by atoms with Crippen molar-refractivity contribution in [3.05, 3.63) is 72.1 Å². The van der Waals surface area contributed by atoms with Gasteiger partial charge < -0.3 is 36.8 Å². The van der Waals surface area contributed by atoms with Crippen molar-refractivity contribution in [1.82, 2.24) is 25.9 Å². The molecule has 0 saturated heterocycles. The van der Waals surface area contributed by atoms with E-state index in [0.717, 1.165) is 32.9 Å². The molecule has 0 aliphatic carbocycles. The van der Waals surface area contributed by atoms with Crippen LogP contribution in [0.2, 0.25) is 0 Å². The summed E-state index contributed by atoms with van der Waals surface area (Å²) in [6.45, 7) is 3.60. The SMILES string of the molecule is CCC(C)C(NC(=O)C(Cc1c[nH]c2ccccc12)NC(=O)C(CCSC)NC(=O)C(N)Cc1c[nH]c2ccccc12)C(=O)O. The molecule has 12 heteroatoms. The molecule has 8 N–H and O–H groups in total. The lowest BCUT2D eigenvalue weighted by atomic mass is 9.98. The van der Waals surface area contributed by atoms with Gasteiger partial charge in [0.25, 0.3) is 0 Å². The Labute approximate surface area is 266 Å². The molecule has 0 aliphatic rings. The number of hydrogen-bond donors (Lipinski definition) is 7. The maximum absolute atomic E-state index is 13.7. The van der Waals surface area contributed by atoms with Gasteiger partial charge in [0.1, 0.15) is 18.1 Å². The van der Waals surface area contributed by atoms with Crippen molar-refractivity contribution in [3.63, 3.8) is 0 Å². The number of fused-ring (bicyclic) bond motifs is 2. The minimum atomic E-state index is -1.15. The molecule has 2 aromatic carbocycles. The van der Waals surface area contributed by atoms with E-state index in [0.29, 0.717) is 18.6 Å². The Bertz CT molecular complexity index is 1630. The molecule has 0 bridgehead atoms. The van der Waals surface area contributed by atoms with Crippen molar-refractivity contribution in [1.29, 1.82) is 0 Å². The predicted molar refractivity (Wildman–Crippen MR) is 178 cm³/mol. The average molecular weight is 635 g/mol. The molecule has 0 saturated carbocycles. The number of carbonyl (C=O) groups is 4. The van der Waals surface area contributed by atoms with E-state index < -0.39 is 47.9 Å². The lowest BCUT2D eigenvalue weighted by Crippen LogP contribution is -2.58. The molecule has 0 fully saturated rings. The molecule has 5 unspecified atom stereocenters. The maximum Gasteiger partial charge on any atom is 0.326 e. The molecule has 0 radical (unpaired) electrons. The number of thioether (sulfide) groups is 1. The van der Waals surface area contributed by atoms with E-state index in [1.54, 1.807) is 13.1 Å². The summed E-state index contributed by atoms with van der Waals surface area (Å²) >= 11 is 1.52. The summed E-state index contributed by atoms with van der Waals surface area (Å²) in [4.78, 5) is 59.0. The highest BCUT2D eigenvalue weighted by atomic mass is 32.2.